The van der Waals surface area contributed by atoms with Crippen LogP contribution >= 0.6 is 12.2 Å². The first-order valence-corrected chi connectivity index (χ1v) is 9.39. The molecular formula is C18H20F2N4O2S. The highest BCUT2D eigenvalue weighted by molar-refractivity contribution is 7.71. The smallest absolute Gasteiger partial charge is 0.231 e. The van der Waals surface area contributed by atoms with Gasteiger partial charge in [-0.3, -0.25) is 14.5 Å². The van der Waals surface area contributed by atoms with Crippen LogP contribution in [0.25, 0.3) is 0 Å². The predicted molar refractivity (Wildman–Crippen MR) is 95.6 cm³/mol. The molecule has 1 amide bonds. The summed E-state index contributed by atoms with van der Waals surface area (Å²) >= 11 is 5.25. The van der Waals surface area contributed by atoms with Gasteiger partial charge in [0, 0.05) is 30.9 Å². The summed E-state index contributed by atoms with van der Waals surface area (Å²) < 4.78 is 35.7. The molecule has 1 saturated carbocycles. The maximum Gasteiger partial charge on any atom is 0.231 e. The molecule has 1 aromatic heterocycles. The monoisotopic (exact) mass is 394 g/mol. The third-order valence-electron chi connectivity index (χ3n) is 5.32. The maximum absolute atomic E-state index is 14.5. The van der Waals surface area contributed by atoms with Crippen LogP contribution < -0.4 is 5.32 Å². The molecule has 2 aromatic rings. The van der Waals surface area contributed by atoms with E-state index in [9.17, 15) is 13.6 Å². The van der Waals surface area contributed by atoms with Crippen LogP contribution in [0, 0.1) is 16.4 Å². The minimum atomic E-state index is -1.09. The molecule has 0 atom stereocenters. The molecule has 9 heteroatoms. The molecule has 0 radical (unpaired) electrons. The summed E-state index contributed by atoms with van der Waals surface area (Å²) in [5.41, 5.74) is -0.890. The Morgan fingerprint density at radius 3 is 2.78 bits per heavy atom. The van der Waals surface area contributed by atoms with Crippen LogP contribution in [0.4, 0.5) is 8.78 Å². The van der Waals surface area contributed by atoms with Crippen LogP contribution in [0.15, 0.2) is 18.2 Å². The topological polar surface area (TPSA) is 71.9 Å². The number of hydrogen-bond acceptors (Lipinski definition) is 4. The Morgan fingerprint density at radius 1 is 1.37 bits per heavy atom. The normalized spacial score (nSPS) is 19.0. The fourth-order valence-electron chi connectivity index (χ4n) is 3.72. The van der Waals surface area contributed by atoms with Crippen molar-refractivity contribution >= 4 is 18.1 Å². The zero-order valence-corrected chi connectivity index (χ0v) is 15.5. The number of carbonyl (C=O) groups excluding carboxylic acids is 1. The van der Waals surface area contributed by atoms with E-state index in [2.05, 4.69) is 15.5 Å². The van der Waals surface area contributed by atoms with Gasteiger partial charge >= 0.3 is 0 Å². The SMILES string of the molecule is O=C(NCc1n[nH]c(=S)n1C1CC1)C1(c2ccc(F)cc2F)CCOCC1. The lowest BCUT2D eigenvalue weighted by atomic mass is 9.73. The number of aromatic amines is 1. The van der Waals surface area contributed by atoms with Gasteiger partial charge in [0.15, 0.2) is 10.6 Å². The van der Waals surface area contributed by atoms with Crippen molar-refractivity contribution in [3.05, 3.63) is 46.0 Å². The van der Waals surface area contributed by atoms with Gasteiger partial charge in [-0.15, -0.1) is 0 Å². The summed E-state index contributed by atoms with van der Waals surface area (Å²) in [5.74, 6) is -1.04. The summed E-state index contributed by atoms with van der Waals surface area (Å²) in [6, 6.07) is 3.68. The van der Waals surface area contributed by atoms with E-state index in [0.29, 0.717) is 42.7 Å². The van der Waals surface area contributed by atoms with E-state index in [4.69, 9.17) is 17.0 Å². The Morgan fingerprint density at radius 2 is 2.11 bits per heavy atom. The van der Waals surface area contributed by atoms with Crippen LogP contribution in [0.1, 0.15) is 43.1 Å². The van der Waals surface area contributed by atoms with Crippen molar-refractivity contribution in [2.24, 2.45) is 0 Å². The van der Waals surface area contributed by atoms with E-state index in [0.717, 1.165) is 18.9 Å². The predicted octanol–water partition coefficient (Wildman–Crippen LogP) is 2.92. The van der Waals surface area contributed by atoms with Gasteiger partial charge in [-0.05, 0) is 44.0 Å². The second-order valence-corrected chi connectivity index (χ2v) is 7.43. The lowest BCUT2D eigenvalue weighted by molar-refractivity contribution is -0.130. The Kier molecular flexibility index (Phi) is 4.81. The van der Waals surface area contributed by atoms with E-state index in [1.807, 2.05) is 4.57 Å². The quantitative estimate of drug-likeness (QED) is 0.765. The van der Waals surface area contributed by atoms with Crippen molar-refractivity contribution in [3.8, 4) is 0 Å². The van der Waals surface area contributed by atoms with Gasteiger partial charge in [0.2, 0.25) is 5.91 Å². The second kappa shape index (κ2) is 7.12. The zero-order valence-electron chi connectivity index (χ0n) is 14.6. The fourth-order valence-corrected chi connectivity index (χ4v) is 4.02. The maximum atomic E-state index is 14.5. The van der Waals surface area contributed by atoms with E-state index in [-0.39, 0.29) is 18.0 Å². The highest BCUT2D eigenvalue weighted by Gasteiger charge is 2.43. The van der Waals surface area contributed by atoms with Crippen molar-refractivity contribution in [2.75, 3.05) is 13.2 Å². The number of ether oxygens (including phenoxy) is 1. The second-order valence-electron chi connectivity index (χ2n) is 7.05. The molecule has 1 saturated heterocycles. The molecule has 27 heavy (non-hydrogen) atoms. The van der Waals surface area contributed by atoms with Crippen molar-refractivity contribution in [1.29, 1.82) is 0 Å². The van der Waals surface area contributed by atoms with E-state index < -0.39 is 17.0 Å². The Labute approximate surface area is 159 Å². The number of H-pyrrole nitrogens is 1. The van der Waals surface area contributed by atoms with Gasteiger partial charge in [-0.25, -0.2) is 8.78 Å². The number of aromatic nitrogens is 3. The molecule has 144 valence electrons. The standard InChI is InChI=1S/C18H20F2N4O2S/c19-11-1-4-13(14(20)9-11)18(5-7-26-8-6-18)16(25)21-10-15-22-23-17(27)24(15)12-2-3-12/h1,4,9,12H,2-3,5-8,10H2,(H,21,25)(H,23,27). The summed E-state index contributed by atoms with van der Waals surface area (Å²) in [6.45, 7) is 0.865. The average molecular weight is 394 g/mol. The number of benzene rings is 1. The molecule has 2 aliphatic rings. The highest BCUT2D eigenvalue weighted by Crippen LogP contribution is 2.38. The van der Waals surface area contributed by atoms with E-state index in [1.54, 1.807) is 0 Å². The van der Waals surface area contributed by atoms with Crippen LogP contribution in [0.2, 0.25) is 0 Å². The van der Waals surface area contributed by atoms with Gasteiger partial charge in [0.05, 0.1) is 12.0 Å². The first-order chi connectivity index (χ1) is 13.0. The molecule has 2 fully saturated rings. The van der Waals surface area contributed by atoms with Crippen molar-refractivity contribution in [2.45, 2.75) is 43.7 Å². The molecule has 0 bridgehead atoms. The third kappa shape index (κ3) is 3.41. The summed E-state index contributed by atoms with van der Waals surface area (Å²) in [6.07, 6.45) is 2.74. The summed E-state index contributed by atoms with van der Waals surface area (Å²) in [4.78, 5) is 13.1. The number of nitrogens with one attached hydrogen (secondary N) is 2. The molecule has 2 N–H and O–H groups in total. The lowest BCUT2D eigenvalue weighted by Crippen LogP contribution is -2.48. The molecule has 0 unspecified atom stereocenters. The van der Waals surface area contributed by atoms with Gasteiger partial charge in [0.25, 0.3) is 0 Å². The minimum absolute atomic E-state index is 0.188. The molecule has 0 spiro atoms. The van der Waals surface area contributed by atoms with Crippen molar-refractivity contribution in [1.82, 2.24) is 20.1 Å². The van der Waals surface area contributed by atoms with Crippen LogP contribution in [-0.2, 0) is 21.5 Å². The number of halogens is 2. The molecule has 1 aliphatic heterocycles. The zero-order chi connectivity index (χ0) is 19.0. The van der Waals surface area contributed by atoms with Crippen LogP contribution in [0.5, 0.6) is 0 Å². The highest BCUT2D eigenvalue weighted by atomic mass is 32.1. The van der Waals surface area contributed by atoms with E-state index in [1.165, 1.54) is 12.1 Å². The number of amides is 1. The number of carbonyl (C=O) groups is 1. The van der Waals surface area contributed by atoms with Gasteiger partial charge in [0.1, 0.15) is 11.6 Å². The van der Waals surface area contributed by atoms with Crippen molar-refractivity contribution in [3.63, 3.8) is 0 Å². The first-order valence-electron chi connectivity index (χ1n) is 8.98. The Bertz CT molecular complexity index is 916. The number of rotatable bonds is 5. The molecule has 1 aromatic carbocycles. The number of nitrogens with zero attached hydrogens (tertiary/aromatic N) is 2. The average Bonchev–Trinajstić information content (AvgIpc) is 3.42. The van der Waals surface area contributed by atoms with Gasteiger partial charge < -0.3 is 10.1 Å². The molecule has 1 aliphatic carbocycles. The molecular weight excluding hydrogens is 374 g/mol. The largest absolute Gasteiger partial charge is 0.381 e. The van der Waals surface area contributed by atoms with E-state index >= 15 is 0 Å². The Balaban J connectivity index is 1.59. The lowest BCUT2D eigenvalue weighted by Gasteiger charge is -2.36. The van der Waals surface area contributed by atoms with Gasteiger partial charge in [-0.2, -0.15) is 5.10 Å². The summed E-state index contributed by atoms with van der Waals surface area (Å²) in [5, 5.41) is 9.84. The fraction of sp³-hybridized carbons (Fsp3) is 0.500. The van der Waals surface area contributed by atoms with Crippen LogP contribution in [-0.4, -0.2) is 33.9 Å². The number of hydrogen-bond donors (Lipinski definition) is 2. The van der Waals surface area contributed by atoms with Gasteiger partial charge in [-0.1, -0.05) is 6.07 Å². The minimum Gasteiger partial charge on any atom is -0.381 e. The van der Waals surface area contributed by atoms with Crippen molar-refractivity contribution < 1.29 is 18.3 Å². The third-order valence-corrected chi connectivity index (χ3v) is 5.61. The first kappa shape index (κ1) is 18.2. The molecule has 4 rings (SSSR count). The Hall–Kier alpha value is -2.13. The summed E-state index contributed by atoms with van der Waals surface area (Å²) in [7, 11) is 0. The van der Waals surface area contributed by atoms with Crippen LogP contribution in [0.3, 0.4) is 0 Å². The molecule has 2 heterocycles. The molecule has 6 nitrogen and oxygen atoms in total.